The number of ketones is 1. The Morgan fingerprint density at radius 1 is 1.50 bits per heavy atom. The molecule has 0 aliphatic heterocycles. The maximum atomic E-state index is 11.2. The van der Waals surface area contributed by atoms with Crippen molar-refractivity contribution in [2.75, 3.05) is 0 Å². The van der Waals surface area contributed by atoms with E-state index in [-0.39, 0.29) is 17.8 Å². The van der Waals surface area contributed by atoms with Gasteiger partial charge in [-0.05, 0) is 31.8 Å². The second-order valence-corrected chi connectivity index (χ2v) is 3.60. The lowest BCUT2D eigenvalue weighted by Gasteiger charge is -2.11. The second kappa shape index (κ2) is 5.09. The van der Waals surface area contributed by atoms with Crippen molar-refractivity contribution in [3.63, 3.8) is 0 Å². The summed E-state index contributed by atoms with van der Waals surface area (Å²) in [5.74, 6) is 0.345. The van der Waals surface area contributed by atoms with Crippen LogP contribution in [0.1, 0.15) is 33.6 Å². The number of aliphatic hydroxyl groups is 1. The number of allylic oxidation sites excluding steroid dienone is 1. The summed E-state index contributed by atoms with van der Waals surface area (Å²) in [5.41, 5.74) is 0.604. The molecule has 0 heterocycles. The molecule has 70 valence electrons. The summed E-state index contributed by atoms with van der Waals surface area (Å²) in [6.07, 6.45) is 0.858. The number of aliphatic hydroxyl groups excluding tert-OH is 1. The third kappa shape index (κ3) is 5.08. The molecule has 0 aromatic rings. The molecular formula is C10H18O2. The predicted octanol–water partition coefficient (Wildman–Crippen LogP) is 1.93. The molecule has 0 aromatic heterocycles. The average molecular weight is 170 g/mol. The smallest absolute Gasteiger partial charge is 0.158 e. The zero-order chi connectivity index (χ0) is 9.72. The molecule has 0 aliphatic rings. The van der Waals surface area contributed by atoms with Gasteiger partial charge in [-0.3, -0.25) is 4.79 Å². The Labute approximate surface area is 74.3 Å². The lowest BCUT2D eigenvalue weighted by atomic mass is 9.96. The first kappa shape index (κ1) is 11.4. The van der Waals surface area contributed by atoms with E-state index in [2.05, 4.69) is 6.58 Å². The molecule has 0 aliphatic carbocycles. The van der Waals surface area contributed by atoms with Crippen LogP contribution in [0, 0.1) is 5.92 Å². The summed E-state index contributed by atoms with van der Waals surface area (Å²) in [7, 11) is 0. The van der Waals surface area contributed by atoms with Gasteiger partial charge in [-0.1, -0.05) is 13.5 Å². The van der Waals surface area contributed by atoms with Gasteiger partial charge in [0.2, 0.25) is 0 Å². The molecule has 2 unspecified atom stereocenters. The number of hydrogen-bond acceptors (Lipinski definition) is 2. The minimum atomic E-state index is -0.321. The van der Waals surface area contributed by atoms with Crippen LogP contribution < -0.4 is 0 Å². The van der Waals surface area contributed by atoms with Gasteiger partial charge in [-0.15, -0.1) is 0 Å². The Balaban J connectivity index is 3.76. The van der Waals surface area contributed by atoms with Crippen molar-refractivity contribution >= 4 is 5.78 Å². The monoisotopic (exact) mass is 170 g/mol. The predicted molar refractivity (Wildman–Crippen MR) is 49.9 cm³/mol. The summed E-state index contributed by atoms with van der Waals surface area (Å²) < 4.78 is 0. The molecule has 0 fully saturated rings. The van der Waals surface area contributed by atoms with Gasteiger partial charge in [-0.2, -0.15) is 0 Å². The van der Waals surface area contributed by atoms with Gasteiger partial charge in [-0.25, -0.2) is 0 Å². The Morgan fingerprint density at radius 3 is 2.33 bits per heavy atom. The Bertz CT molecular complexity index is 171. The van der Waals surface area contributed by atoms with Gasteiger partial charge in [0.05, 0.1) is 6.10 Å². The van der Waals surface area contributed by atoms with E-state index in [9.17, 15) is 4.79 Å². The Morgan fingerprint density at radius 2 is 2.00 bits per heavy atom. The van der Waals surface area contributed by atoms with Crippen LogP contribution in [0.4, 0.5) is 0 Å². The number of carbonyl (C=O) groups excluding carboxylic acids is 1. The van der Waals surface area contributed by atoms with Crippen LogP contribution in [0.2, 0.25) is 0 Å². The van der Waals surface area contributed by atoms with E-state index in [0.717, 1.165) is 0 Å². The highest BCUT2D eigenvalue weighted by molar-refractivity contribution is 5.94. The third-order valence-corrected chi connectivity index (χ3v) is 1.75. The average Bonchev–Trinajstić information content (AvgIpc) is 1.84. The SMILES string of the molecule is C=C(C)C(=O)CC(C)CC(C)O. The topological polar surface area (TPSA) is 37.3 Å². The number of hydrogen-bond donors (Lipinski definition) is 1. The van der Waals surface area contributed by atoms with Crippen molar-refractivity contribution in [3.05, 3.63) is 12.2 Å². The highest BCUT2D eigenvalue weighted by Gasteiger charge is 2.11. The molecule has 2 nitrogen and oxygen atoms in total. The van der Waals surface area contributed by atoms with Crippen LogP contribution in [-0.2, 0) is 4.79 Å². The van der Waals surface area contributed by atoms with Crippen molar-refractivity contribution in [3.8, 4) is 0 Å². The number of Topliss-reactive ketones (excluding diaryl/α,β-unsaturated/α-hetero) is 1. The maximum Gasteiger partial charge on any atom is 0.158 e. The molecule has 0 saturated heterocycles. The van der Waals surface area contributed by atoms with E-state index in [1.165, 1.54) is 0 Å². The fourth-order valence-corrected chi connectivity index (χ4v) is 1.16. The first-order valence-electron chi connectivity index (χ1n) is 4.30. The van der Waals surface area contributed by atoms with E-state index < -0.39 is 0 Å². The van der Waals surface area contributed by atoms with Crippen LogP contribution in [0.5, 0.6) is 0 Å². The molecule has 0 saturated carbocycles. The maximum absolute atomic E-state index is 11.2. The lowest BCUT2D eigenvalue weighted by molar-refractivity contribution is -0.116. The lowest BCUT2D eigenvalue weighted by Crippen LogP contribution is -2.11. The quantitative estimate of drug-likeness (QED) is 0.640. The van der Waals surface area contributed by atoms with Gasteiger partial charge in [0.25, 0.3) is 0 Å². The Kier molecular flexibility index (Phi) is 4.83. The molecule has 0 rings (SSSR count). The van der Waals surface area contributed by atoms with Crippen molar-refractivity contribution in [1.82, 2.24) is 0 Å². The molecule has 0 aromatic carbocycles. The summed E-state index contributed by atoms with van der Waals surface area (Å²) in [5, 5.41) is 9.04. The van der Waals surface area contributed by atoms with Crippen LogP contribution >= 0.6 is 0 Å². The minimum absolute atomic E-state index is 0.100. The van der Waals surface area contributed by atoms with Gasteiger partial charge in [0.1, 0.15) is 0 Å². The molecule has 0 bridgehead atoms. The van der Waals surface area contributed by atoms with Gasteiger partial charge in [0.15, 0.2) is 5.78 Å². The van der Waals surface area contributed by atoms with E-state index in [4.69, 9.17) is 5.11 Å². The number of carbonyl (C=O) groups is 1. The standard InChI is InChI=1S/C10H18O2/c1-7(2)10(12)6-8(3)5-9(4)11/h8-9,11H,1,5-6H2,2-4H3. The fraction of sp³-hybridized carbons (Fsp3) is 0.700. The first-order valence-corrected chi connectivity index (χ1v) is 4.30. The molecule has 12 heavy (non-hydrogen) atoms. The molecule has 0 amide bonds. The van der Waals surface area contributed by atoms with Gasteiger partial charge < -0.3 is 5.11 Å². The summed E-state index contributed by atoms with van der Waals surface area (Å²) >= 11 is 0. The highest BCUT2D eigenvalue weighted by Crippen LogP contribution is 2.12. The van der Waals surface area contributed by atoms with Gasteiger partial charge >= 0.3 is 0 Å². The molecular weight excluding hydrogens is 152 g/mol. The van der Waals surface area contributed by atoms with Crippen molar-refractivity contribution < 1.29 is 9.90 Å². The summed E-state index contributed by atoms with van der Waals surface area (Å²) in [4.78, 5) is 11.2. The van der Waals surface area contributed by atoms with Crippen molar-refractivity contribution in [2.24, 2.45) is 5.92 Å². The van der Waals surface area contributed by atoms with Crippen LogP contribution in [0.25, 0.3) is 0 Å². The van der Waals surface area contributed by atoms with E-state index in [0.29, 0.717) is 18.4 Å². The zero-order valence-electron chi connectivity index (χ0n) is 8.13. The van der Waals surface area contributed by atoms with Crippen LogP contribution in [-0.4, -0.2) is 17.0 Å². The molecule has 2 heteroatoms. The van der Waals surface area contributed by atoms with Crippen molar-refractivity contribution in [1.29, 1.82) is 0 Å². The van der Waals surface area contributed by atoms with Crippen molar-refractivity contribution in [2.45, 2.75) is 39.7 Å². The number of rotatable bonds is 5. The van der Waals surface area contributed by atoms with E-state index in [1.54, 1.807) is 13.8 Å². The van der Waals surface area contributed by atoms with E-state index in [1.807, 2.05) is 6.92 Å². The van der Waals surface area contributed by atoms with Gasteiger partial charge in [0, 0.05) is 6.42 Å². The molecule has 0 spiro atoms. The first-order chi connectivity index (χ1) is 5.43. The molecule has 2 atom stereocenters. The minimum Gasteiger partial charge on any atom is -0.393 e. The summed E-state index contributed by atoms with van der Waals surface area (Å²) in [6, 6.07) is 0. The van der Waals surface area contributed by atoms with Crippen LogP contribution in [0.15, 0.2) is 12.2 Å². The fourth-order valence-electron chi connectivity index (χ4n) is 1.16. The van der Waals surface area contributed by atoms with E-state index >= 15 is 0 Å². The highest BCUT2D eigenvalue weighted by atomic mass is 16.3. The Hall–Kier alpha value is -0.630. The largest absolute Gasteiger partial charge is 0.393 e. The molecule has 0 radical (unpaired) electrons. The normalized spacial score (nSPS) is 15.3. The summed E-state index contributed by atoms with van der Waals surface area (Å²) in [6.45, 7) is 9.00. The second-order valence-electron chi connectivity index (χ2n) is 3.60. The molecule has 1 N–H and O–H groups in total. The third-order valence-electron chi connectivity index (χ3n) is 1.75. The van der Waals surface area contributed by atoms with Crippen LogP contribution in [0.3, 0.4) is 0 Å². The zero-order valence-corrected chi connectivity index (χ0v) is 8.13.